The van der Waals surface area contributed by atoms with Gasteiger partial charge in [0.25, 0.3) is 11.5 Å². The molecule has 3 rings (SSSR count). The number of hydrazine groups is 1. The summed E-state index contributed by atoms with van der Waals surface area (Å²) >= 11 is 0. The second-order valence-corrected chi connectivity index (χ2v) is 5.82. The maximum absolute atomic E-state index is 12.3. The first-order valence-corrected chi connectivity index (χ1v) is 7.67. The number of nitrogens with one attached hydrogen (secondary N) is 1. The molecular formula is C15H20N6O2. The van der Waals surface area contributed by atoms with E-state index in [9.17, 15) is 9.59 Å². The van der Waals surface area contributed by atoms with Crippen LogP contribution in [0, 0.1) is 0 Å². The first kappa shape index (κ1) is 15.3. The van der Waals surface area contributed by atoms with Crippen molar-refractivity contribution in [2.75, 3.05) is 10.9 Å². The first-order chi connectivity index (χ1) is 11.1. The van der Waals surface area contributed by atoms with Gasteiger partial charge in [-0.3, -0.25) is 9.59 Å². The third-order valence-electron chi connectivity index (χ3n) is 4.33. The average molecular weight is 316 g/mol. The number of hydrogen-bond donors (Lipinski definition) is 3. The number of hydrogen-bond acceptors (Lipinski definition) is 5. The van der Waals surface area contributed by atoms with Crippen LogP contribution in [0.15, 0.2) is 29.5 Å². The lowest BCUT2D eigenvalue weighted by molar-refractivity contribution is 0.0982. The fourth-order valence-corrected chi connectivity index (χ4v) is 3.06. The van der Waals surface area contributed by atoms with Crippen molar-refractivity contribution in [3.8, 4) is 0 Å². The molecule has 2 aromatic rings. The minimum absolute atomic E-state index is 0.219. The van der Waals surface area contributed by atoms with E-state index in [1.54, 1.807) is 6.07 Å². The van der Waals surface area contributed by atoms with Gasteiger partial charge in [0.2, 0.25) is 0 Å². The molecule has 1 aliphatic carbocycles. The van der Waals surface area contributed by atoms with Gasteiger partial charge in [0.15, 0.2) is 0 Å². The Labute approximate surface area is 133 Å². The summed E-state index contributed by atoms with van der Waals surface area (Å²) in [6, 6.07) is 2.99. The number of nitrogens with zero attached hydrogens (tertiary/aromatic N) is 3. The van der Waals surface area contributed by atoms with E-state index < -0.39 is 5.91 Å². The Morgan fingerprint density at radius 1 is 1.30 bits per heavy atom. The number of nitrogen functional groups attached to an aromatic ring is 1. The number of carbonyl (C=O) groups excluding carboxylic acids is 1. The molecule has 0 unspecified atom stereocenters. The van der Waals surface area contributed by atoms with Crippen LogP contribution in [0.5, 0.6) is 0 Å². The van der Waals surface area contributed by atoms with Crippen LogP contribution in [0.3, 0.4) is 0 Å². The number of pyridine rings is 1. The summed E-state index contributed by atoms with van der Waals surface area (Å²) in [5.74, 6) is 11.5. The molecule has 2 aromatic heterocycles. The van der Waals surface area contributed by atoms with Gasteiger partial charge in [0.1, 0.15) is 5.69 Å². The van der Waals surface area contributed by atoms with Crippen LogP contribution in [0.4, 0.5) is 5.69 Å². The monoisotopic (exact) mass is 316 g/mol. The first-order valence-electron chi connectivity index (χ1n) is 7.67. The fraction of sp³-hybridized carbons (Fsp3) is 0.400. The minimum Gasteiger partial charge on any atom is -0.341 e. The average Bonchev–Trinajstić information content (AvgIpc) is 3.11. The maximum Gasteiger partial charge on any atom is 0.290 e. The van der Waals surface area contributed by atoms with Gasteiger partial charge in [0.05, 0.1) is 18.2 Å². The molecule has 8 nitrogen and oxygen atoms in total. The van der Waals surface area contributed by atoms with Crippen molar-refractivity contribution in [1.29, 1.82) is 0 Å². The normalized spacial score (nSPS) is 15.5. The van der Waals surface area contributed by atoms with Gasteiger partial charge in [-0.15, -0.1) is 0 Å². The van der Waals surface area contributed by atoms with E-state index in [2.05, 4.69) is 9.97 Å². The summed E-state index contributed by atoms with van der Waals surface area (Å²) in [4.78, 5) is 30.9. The molecule has 0 spiro atoms. The lowest BCUT2D eigenvalue weighted by Gasteiger charge is -2.25. The van der Waals surface area contributed by atoms with Crippen LogP contribution in [0.2, 0.25) is 0 Å². The van der Waals surface area contributed by atoms with E-state index in [0.717, 1.165) is 41.1 Å². The number of aromatic nitrogens is 3. The summed E-state index contributed by atoms with van der Waals surface area (Å²) in [6.45, 7) is 0. The topological polar surface area (TPSA) is 123 Å². The Balaban J connectivity index is 1.95. The van der Waals surface area contributed by atoms with Crippen LogP contribution in [-0.2, 0) is 0 Å². The summed E-state index contributed by atoms with van der Waals surface area (Å²) in [6.07, 6.45) is 8.18. The van der Waals surface area contributed by atoms with Crippen molar-refractivity contribution in [1.82, 2.24) is 14.6 Å². The maximum atomic E-state index is 12.3. The fourth-order valence-electron chi connectivity index (χ4n) is 3.06. The SMILES string of the molecule is NN(C(=O)c1cnc[nH]1)c1cc(C2CCCCC2)n(N)c(=O)c1. The minimum atomic E-state index is -0.466. The third-order valence-corrected chi connectivity index (χ3v) is 4.33. The molecule has 1 amide bonds. The van der Waals surface area contributed by atoms with Crippen molar-refractivity contribution in [3.63, 3.8) is 0 Å². The molecule has 1 saturated carbocycles. The quantitative estimate of drug-likeness (QED) is 0.440. The Bertz CT molecular complexity index is 746. The van der Waals surface area contributed by atoms with E-state index in [1.165, 1.54) is 25.0 Å². The molecule has 8 heteroatoms. The van der Waals surface area contributed by atoms with Crippen LogP contribution in [0.1, 0.15) is 54.2 Å². The lowest BCUT2D eigenvalue weighted by atomic mass is 9.86. The highest BCUT2D eigenvalue weighted by Crippen LogP contribution is 2.32. The largest absolute Gasteiger partial charge is 0.341 e. The predicted molar refractivity (Wildman–Crippen MR) is 86.3 cm³/mol. The second kappa shape index (κ2) is 6.25. The van der Waals surface area contributed by atoms with E-state index in [1.807, 2.05) is 0 Å². The van der Waals surface area contributed by atoms with Gasteiger partial charge in [0, 0.05) is 17.7 Å². The molecule has 0 aliphatic heterocycles. The lowest BCUT2D eigenvalue weighted by Crippen LogP contribution is -2.40. The summed E-state index contributed by atoms with van der Waals surface area (Å²) in [5, 5.41) is 0.946. The van der Waals surface area contributed by atoms with E-state index in [4.69, 9.17) is 11.7 Å². The molecule has 0 bridgehead atoms. The molecule has 1 fully saturated rings. The highest BCUT2D eigenvalue weighted by atomic mass is 16.2. The predicted octanol–water partition coefficient (Wildman–Crippen LogP) is 0.853. The highest BCUT2D eigenvalue weighted by Gasteiger charge is 2.22. The Hall–Kier alpha value is -2.61. The molecule has 122 valence electrons. The number of anilines is 1. The summed E-state index contributed by atoms with van der Waals surface area (Å²) in [7, 11) is 0. The Morgan fingerprint density at radius 3 is 2.70 bits per heavy atom. The van der Waals surface area contributed by atoms with Crippen molar-refractivity contribution in [3.05, 3.63) is 46.4 Å². The van der Waals surface area contributed by atoms with Gasteiger partial charge in [-0.1, -0.05) is 19.3 Å². The van der Waals surface area contributed by atoms with E-state index >= 15 is 0 Å². The number of imidazole rings is 1. The smallest absolute Gasteiger partial charge is 0.290 e. The molecule has 0 saturated heterocycles. The number of nitrogens with two attached hydrogens (primary N) is 2. The molecule has 0 radical (unpaired) electrons. The zero-order valence-corrected chi connectivity index (χ0v) is 12.7. The summed E-state index contributed by atoms with van der Waals surface area (Å²) < 4.78 is 1.16. The Morgan fingerprint density at radius 2 is 2.04 bits per heavy atom. The van der Waals surface area contributed by atoms with Crippen molar-refractivity contribution < 1.29 is 4.79 Å². The molecule has 2 heterocycles. The molecule has 0 aromatic carbocycles. The second-order valence-electron chi connectivity index (χ2n) is 5.82. The third kappa shape index (κ3) is 2.98. The van der Waals surface area contributed by atoms with Crippen LogP contribution < -0.4 is 22.3 Å². The van der Waals surface area contributed by atoms with Crippen molar-refractivity contribution in [2.24, 2.45) is 5.84 Å². The zero-order chi connectivity index (χ0) is 16.4. The Kier molecular flexibility index (Phi) is 4.16. The van der Waals surface area contributed by atoms with Crippen molar-refractivity contribution in [2.45, 2.75) is 38.0 Å². The van der Waals surface area contributed by atoms with Gasteiger partial charge in [-0.25, -0.2) is 20.5 Å². The highest BCUT2D eigenvalue weighted by molar-refractivity contribution is 6.03. The number of amides is 1. The molecular weight excluding hydrogens is 296 g/mol. The standard InChI is InChI=1S/C15H20N6O2/c16-20(15(23)12-8-18-9-19-12)11-6-13(21(17)14(22)7-11)10-4-2-1-3-5-10/h6-10H,1-5,16-17H2,(H,18,19). The van der Waals surface area contributed by atoms with Gasteiger partial charge in [-0.2, -0.15) is 0 Å². The number of carbonyl (C=O) groups is 1. The molecule has 0 atom stereocenters. The van der Waals surface area contributed by atoms with E-state index in [0.29, 0.717) is 5.69 Å². The van der Waals surface area contributed by atoms with Crippen LogP contribution in [-0.4, -0.2) is 20.6 Å². The van der Waals surface area contributed by atoms with E-state index in [-0.39, 0.29) is 17.2 Å². The zero-order valence-electron chi connectivity index (χ0n) is 12.7. The number of rotatable bonds is 3. The molecule has 5 N–H and O–H groups in total. The summed E-state index contributed by atoms with van der Waals surface area (Å²) in [5.41, 5.74) is 0.927. The van der Waals surface area contributed by atoms with Crippen molar-refractivity contribution >= 4 is 11.6 Å². The van der Waals surface area contributed by atoms with Gasteiger partial charge < -0.3 is 10.8 Å². The van der Waals surface area contributed by atoms with Crippen LogP contribution in [0.25, 0.3) is 0 Å². The van der Waals surface area contributed by atoms with Crippen LogP contribution >= 0.6 is 0 Å². The molecule has 1 aliphatic rings. The van der Waals surface area contributed by atoms with Gasteiger partial charge >= 0.3 is 0 Å². The number of aromatic amines is 1. The number of H-pyrrole nitrogens is 1. The molecule has 23 heavy (non-hydrogen) atoms. The van der Waals surface area contributed by atoms with Gasteiger partial charge in [-0.05, 0) is 18.9 Å².